The normalized spacial score (nSPS) is 9.32. The maximum Gasteiger partial charge on any atom is 0.334 e. The van der Waals surface area contributed by atoms with Gasteiger partial charge in [-0.15, -0.1) is 0 Å². The summed E-state index contributed by atoms with van der Waals surface area (Å²) in [4.78, 5) is 32.8. The quantitative estimate of drug-likeness (QED) is 0.526. The molecular weight excluding hydrogens is 252 g/mol. The second-order valence-corrected chi connectivity index (χ2v) is 3.75. The molecule has 0 atom stereocenters. The molecule has 0 aliphatic carbocycles. The Balaban J connectivity index is 3.99. The highest BCUT2D eigenvalue weighted by Gasteiger charge is 2.12. The Hall–Kier alpha value is -2.37. The van der Waals surface area contributed by atoms with E-state index in [1.807, 2.05) is 0 Å². The summed E-state index contributed by atoms with van der Waals surface area (Å²) >= 11 is 0. The van der Waals surface area contributed by atoms with Gasteiger partial charge in [0, 0.05) is 17.6 Å². The molecule has 0 spiro atoms. The van der Waals surface area contributed by atoms with E-state index in [4.69, 9.17) is 9.84 Å². The van der Waals surface area contributed by atoms with Crippen molar-refractivity contribution in [2.75, 3.05) is 13.2 Å². The van der Waals surface area contributed by atoms with Crippen molar-refractivity contribution in [2.24, 2.45) is 0 Å². The van der Waals surface area contributed by atoms with Gasteiger partial charge in [-0.1, -0.05) is 19.7 Å². The Kier molecular flexibility index (Phi) is 6.88. The lowest BCUT2D eigenvalue weighted by atomic mass is 10.2. The van der Waals surface area contributed by atoms with E-state index in [1.165, 1.54) is 6.92 Å². The molecule has 19 heavy (non-hydrogen) atoms. The number of esters is 2. The fourth-order valence-electron chi connectivity index (χ4n) is 0.809. The van der Waals surface area contributed by atoms with Crippen molar-refractivity contribution in [1.82, 2.24) is 0 Å². The molecule has 0 fully saturated rings. The van der Waals surface area contributed by atoms with Gasteiger partial charge in [0.1, 0.15) is 6.61 Å². The Labute approximate surface area is 111 Å². The van der Waals surface area contributed by atoms with Crippen molar-refractivity contribution >= 4 is 17.9 Å². The first kappa shape index (κ1) is 16.6. The molecule has 6 heteroatoms. The number of carboxylic acids is 1. The second kappa shape index (κ2) is 7.86. The van der Waals surface area contributed by atoms with E-state index in [1.54, 1.807) is 0 Å². The molecule has 6 nitrogen and oxygen atoms in total. The summed E-state index contributed by atoms with van der Waals surface area (Å²) in [5, 5.41) is 8.51. The fourth-order valence-corrected chi connectivity index (χ4v) is 0.809. The Bertz CT molecular complexity index is 432. The minimum atomic E-state index is -1.24. The van der Waals surface area contributed by atoms with E-state index in [9.17, 15) is 14.4 Å². The van der Waals surface area contributed by atoms with Gasteiger partial charge in [0.2, 0.25) is 0 Å². The third kappa shape index (κ3) is 6.82. The highest BCUT2D eigenvalue weighted by Crippen LogP contribution is 2.04. The van der Waals surface area contributed by atoms with Gasteiger partial charge in [0.05, 0.1) is 12.2 Å². The summed E-state index contributed by atoms with van der Waals surface area (Å²) in [5.41, 5.74) is 0.0912. The zero-order chi connectivity index (χ0) is 15.0. The number of rotatable bonds is 8. The van der Waals surface area contributed by atoms with Gasteiger partial charge < -0.3 is 14.6 Å². The molecule has 0 bridgehead atoms. The number of carbonyl (C=O) groups is 3. The number of aliphatic carboxylic acids is 1. The minimum absolute atomic E-state index is 0.0283. The summed E-state index contributed by atoms with van der Waals surface area (Å²) < 4.78 is 9.42. The lowest BCUT2D eigenvalue weighted by molar-refractivity contribution is -0.142. The maximum absolute atomic E-state index is 11.4. The number of carboxylic acid groups (broad SMARTS) is 1. The Morgan fingerprint density at radius 1 is 1.00 bits per heavy atom. The molecule has 0 aromatic rings. The first-order valence-electron chi connectivity index (χ1n) is 5.34. The van der Waals surface area contributed by atoms with E-state index in [0.717, 1.165) is 0 Å². The minimum Gasteiger partial charge on any atom is -0.478 e. The molecule has 0 saturated carbocycles. The molecule has 0 radical (unpaired) electrons. The molecule has 0 aliphatic heterocycles. The third-order valence-electron chi connectivity index (χ3n) is 1.95. The smallest absolute Gasteiger partial charge is 0.334 e. The molecule has 0 rings (SSSR count). The summed E-state index contributed by atoms with van der Waals surface area (Å²) in [6, 6.07) is 0. The molecule has 0 aliphatic rings. The van der Waals surface area contributed by atoms with E-state index >= 15 is 0 Å². The average molecular weight is 268 g/mol. The standard InChI is InChI=1S/C13H16O6/c1-8(2)12(16)18-6-5-9(3)13(17)19-7-10(4)11(14)15/h1,3-7H2,2H3,(H,14,15). The monoisotopic (exact) mass is 268 g/mol. The SMILES string of the molecule is C=C(C)C(=O)OCCC(=C)C(=O)OCC(=C)C(=O)O. The number of carbonyl (C=O) groups excluding carboxylic acids is 2. The van der Waals surface area contributed by atoms with Crippen LogP contribution < -0.4 is 0 Å². The summed E-state index contributed by atoms with van der Waals surface area (Å²) in [6.07, 6.45) is 0.0946. The average Bonchev–Trinajstić information content (AvgIpc) is 2.34. The van der Waals surface area contributed by atoms with E-state index in [-0.39, 0.29) is 29.7 Å². The van der Waals surface area contributed by atoms with Crippen LogP contribution in [0.25, 0.3) is 0 Å². The van der Waals surface area contributed by atoms with E-state index < -0.39 is 24.5 Å². The van der Waals surface area contributed by atoms with Crippen LogP contribution >= 0.6 is 0 Å². The van der Waals surface area contributed by atoms with Crippen molar-refractivity contribution in [2.45, 2.75) is 13.3 Å². The summed E-state index contributed by atoms with van der Waals surface area (Å²) in [6.45, 7) is 11.1. The predicted octanol–water partition coefficient (Wildman–Crippen LogP) is 1.24. The molecule has 0 unspecified atom stereocenters. The zero-order valence-electron chi connectivity index (χ0n) is 10.7. The van der Waals surface area contributed by atoms with E-state index in [2.05, 4.69) is 24.5 Å². The molecule has 0 aromatic carbocycles. The highest BCUT2D eigenvalue weighted by atomic mass is 16.5. The van der Waals surface area contributed by atoms with Crippen LogP contribution in [-0.4, -0.2) is 36.2 Å². The highest BCUT2D eigenvalue weighted by molar-refractivity contribution is 5.90. The lowest BCUT2D eigenvalue weighted by Crippen LogP contribution is -2.15. The Morgan fingerprint density at radius 3 is 2.05 bits per heavy atom. The van der Waals surface area contributed by atoms with Gasteiger partial charge >= 0.3 is 17.9 Å². The van der Waals surface area contributed by atoms with Gasteiger partial charge in [-0.2, -0.15) is 0 Å². The van der Waals surface area contributed by atoms with Crippen LogP contribution in [0.15, 0.2) is 36.5 Å². The van der Waals surface area contributed by atoms with Gasteiger partial charge in [0.25, 0.3) is 0 Å². The van der Waals surface area contributed by atoms with Crippen LogP contribution in [0.2, 0.25) is 0 Å². The van der Waals surface area contributed by atoms with Crippen molar-refractivity contribution in [3.63, 3.8) is 0 Å². The lowest BCUT2D eigenvalue weighted by Gasteiger charge is -2.07. The van der Waals surface area contributed by atoms with Crippen molar-refractivity contribution in [1.29, 1.82) is 0 Å². The van der Waals surface area contributed by atoms with Crippen LogP contribution in [0.1, 0.15) is 13.3 Å². The molecule has 0 amide bonds. The largest absolute Gasteiger partial charge is 0.478 e. The maximum atomic E-state index is 11.4. The van der Waals surface area contributed by atoms with Gasteiger partial charge in [-0.05, 0) is 6.92 Å². The van der Waals surface area contributed by atoms with Crippen molar-refractivity contribution in [3.05, 3.63) is 36.5 Å². The first-order valence-corrected chi connectivity index (χ1v) is 5.34. The zero-order valence-corrected chi connectivity index (χ0v) is 10.7. The molecular formula is C13H16O6. The van der Waals surface area contributed by atoms with Crippen molar-refractivity contribution in [3.8, 4) is 0 Å². The Morgan fingerprint density at radius 2 is 1.58 bits per heavy atom. The third-order valence-corrected chi connectivity index (χ3v) is 1.95. The molecule has 0 saturated heterocycles. The molecule has 0 aromatic heterocycles. The van der Waals surface area contributed by atoms with Crippen LogP contribution in [0, 0.1) is 0 Å². The summed E-state index contributed by atoms with van der Waals surface area (Å²) in [5.74, 6) is -2.55. The predicted molar refractivity (Wildman–Crippen MR) is 67.3 cm³/mol. The molecule has 0 heterocycles. The topological polar surface area (TPSA) is 89.9 Å². The van der Waals surface area contributed by atoms with Gasteiger partial charge in [0.15, 0.2) is 0 Å². The first-order chi connectivity index (χ1) is 8.75. The molecule has 104 valence electrons. The van der Waals surface area contributed by atoms with Crippen LogP contribution in [0.4, 0.5) is 0 Å². The number of hydrogen-bond acceptors (Lipinski definition) is 5. The van der Waals surface area contributed by atoms with Crippen LogP contribution in [0.3, 0.4) is 0 Å². The fraction of sp³-hybridized carbons (Fsp3) is 0.308. The molecule has 1 N–H and O–H groups in total. The van der Waals surface area contributed by atoms with E-state index in [0.29, 0.717) is 0 Å². The second-order valence-electron chi connectivity index (χ2n) is 3.75. The number of ether oxygens (including phenoxy) is 2. The van der Waals surface area contributed by atoms with Crippen LogP contribution in [-0.2, 0) is 23.9 Å². The van der Waals surface area contributed by atoms with Crippen LogP contribution in [0.5, 0.6) is 0 Å². The summed E-state index contributed by atoms with van der Waals surface area (Å²) in [7, 11) is 0. The number of hydrogen-bond donors (Lipinski definition) is 1. The van der Waals surface area contributed by atoms with Gasteiger partial charge in [-0.25, -0.2) is 14.4 Å². The van der Waals surface area contributed by atoms with Gasteiger partial charge in [-0.3, -0.25) is 0 Å². The van der Waals surface area contributed by atoms with Crippen molar-refractivity contribution < 1.29 is 29.0 Å².